The van der Waals surface area contributed by atoms with Gasteiger partial charge in [-0.2, -0.15) is 0 Å². The monoisotopic (exact) mass is 159 g/mol. The molecule has 0 aromatic carbocycles. The molecule has 2 aliphatic rings. The highest BCUT2D eigenvalue weighted by Gasteiger charge is 2.20. The highest BCUT2D eigenvalue weighted by Crippen LogP contribution is 2.31. The maximum Gasteiger partial charge on any atom is 0.216 e. The molecule has 3 rings (SSSR count). The minimum absolute atomic E-state index is 0.804. The molecule has 1 aliphatic carbocycles. The summed E-state index contributed by atoms with van der Waals surface area (Å²) in [6.45, 7) is 0.804. The van der Waals surface area contributed by atoms with Crippen molar-refractivity contribution in [2.75, 3.05) is 6.61 Å². The topological polar surface area (TPSA) is 22.1 Å². The van der Waals surface area contributed by atoms with Crippen LogP contribution in [0.5, 0.6) is 5.88 Å². The van der Waals surface area contributed by atoms with Crippen LogP contribution in [0.2, 0.25) is 0 Å². The molecule has 0 N–H and O–H groups in total. The van der Waals surface area contributed by atoms with Crippen LogP contribution in [0.3, 0.4) is 0 Å². The predicted octanol–water partition coefficient (Wildman–Crippen LogP) is 1.59. The zero-order valence-electron chi connectivity index (χ0n) is 6.71. The molecule has 60 valence electrons. The van der Waals surface area contributed by atoms with Crippen molar-refractivity contribution in [3.63, 3.8) is 0 Å². The van der Waals surface area contributed by atoms with Crippen molar-refractivity contribution in [2.45, 2.75) is 12.8 Å². The van der Waals surface area contributed by atoms with E-state index in [0.717, 1.165) is 25.3 Å². The lowest BCUT2D eigenvalue weighted by Crippen LogP contribution is -1.91. The highest BCUT2D eigenvalue weighted by molar-refractivity contribution is 5.62. The maximum absolute atomic E-state index is 5.38. The van der Waals surface area contributed by atoms with Gasteiger partial charge in [0.15, 0.2) is 0 Å². The Morgan fingerprint density at radius 3 is 3.33 bits per heavy atom. The molecule has 2 heterocycles. The van der Waals surface area contributed by atoms with Crippen LogP contribution in [0.4, 0.5) is 0 Å². The lowest BCUT2D eigenvalue weighted by Gasteiger charge is -2.03. The molecule has 0 radical (unpaired) electrons. The van der Waals surface area contributed by atoms with Crippen LogP contribution in [0.25, 0.3) is 6.08 Å². The minimum atomic E-state index is 0.804. The molecule has 0 saturated carbocycles. The van der Waals surface area contributed by atoms with Gasteiger partial charge in [0.25, 0.3) is 0 Å². The largest absolute Gasteiger partial charge is 0.477 e. The van der Waals surface area contributed by atoms with E-state index in [2.05, 4.69) is 17.1 Å². The third kappa shape index (κ3) is 0.670. The molecule has 2 heteroatoms. The second-order valence-corrected chi connectivity index (χ2v) is 3.18. The fourth-order valence-corrected chi connectivity index (χ4v) is 1.91. The van der Waals surface area contributed by atoms with Gasteiger partial charge in [-0.15, -0.1) is 0 Å². The van der Waals surface area contributed by atoms with Crippen LogP contribution in [-0.2, 0) is 12.8 Å². The predicted molar refractivity (Wildman–Crippen MR) is 46.2 cm³/mol. The number of fused-ring (bicyclic) bond motifs is 3. The molecular formula is C10H9NO. The number of aromatic nitrogens is 1. The SMILES string of the molecule is C1=Cc2cnc3c(c2C1)CCO3. The fourth-order valence-electron chi connectivity index (χ4n) is 1.91. The fraction of sp³-hybridized carbons (Fsp3) is 0.300. The van der Waals surface area contributed by atoms with Crippen LogP contribution >= 0.6 is 0 Å². The first-order chi connectivity index (χ1) is 5.95. The summed E-state index contributed by atoms with van der Waals surface area (Å²) in [5.41, 5.74) is 4.04. The maximum atomic E-state index is 5.38. The Kier molecular flexibility index (Phi) is 1.09. The molecule has 0 unspecified atom stereocenters. The summed E-state index contributed by atoms with van der Waals surface area (Å²) in [5, 5.41) is 0. The van der Waals surface area contributed by atoms with Gasteiger partial charge in [0.1, 0.15) is 0 Å². The first-order valence-corrected chi connectivity index (χ1v) is 4.25. The number of allylic oxidation sites excluding steroid dienone is 1. The smallest absolute Gasteiger partial charge is 0.216 e. The van der Waals surface area contributed by atoms with E-state index in [1.165, 1.54) is 16.7 Å². The lowest BCUT2D eigenvalue weighted by atomic mass is 10.0. The average Bonchev–Trinajstić information content (AvgIpc) is 2.71. The van der Waals surface area contributed by atoms with E-state index in [9.17, 15) is 0 Å². The number of rotatable bonds is 0. The van der Waals surface area contributed by atoms with Gasteiger partial charge in [-0.1, -0.05) is 12.2 Å². The first-order valence-electron chi connectivity index (χ1n) is 4.25. The molecule has 0 fully saturated rings. The molecule has 1 aliphatic heterocycles. The molecule has 12 heavy (non-hydrogen) atoms. The van der Waals surface area contributed by atoms with E-state index in [-0.39, 0.29) is 0 Å². The van der Waals surface area contributed by atoms with Gasteiger partial charge in [0.2, 0.25) is 5.88 Å². The van der Waals surface area contributed by atoms with E-state index in [4.69, 9.17) is 4.74 Å². The molecular weight excluding hydrogens is 150 g/mol. The summed E-state index contributed by atoms with van der Waals surface area (Å²) < 4.78 is 5.38. The van der Waals surface area contributed by atoms with Crippen molar-refractivity contribution >= 4 is 6.08 Å². The van der Waals surface area contributed by atoms with E-state index in [1.807, 2.05) is 6.20 Å². The molecule has 1 aromatic rings. The van der Waals surface area contributed by atoms with Crippen molar-refractivity contribution in [3.05, 3.63) is 29.0 Å². The Bertz CT molecular complexity index is 368. The summed E-state index contributed by atoms with van der Waals surface area (Å²) in [5.74, 6) is 0.859. The molecule has 0 spiro atoms. The summed E-state index contributed by atoms with van der Waals surface area (Å²) in [6.07, 6.45) is 8.32. The molecule has 0 bridgehead atoms. The summed E-state index contributed by atoms with van der Waals surface area (Å²) in [4.78, 5) is 4.26. The molecule has 0 atom stereocenters. The van der Waals surface area contributed by atoms with Crippen LogP contribution in [0, 0.1) is 0 Å². The van der Waals surface area contributed by atoms with Gasteiger partial charge in [0, 0.05) is 18.2 Å². The van der Waals surface area contributed by atoms with Crippen molar-refractivity contribution in [3.8, 4) is 5.88 Å². The van der Waals surface area contributed by atoms with E-state index >= 15 is 0 Å². The first kappa shape index (κ1) is 6.23. The van der Waals surface area contributed by atoms with Crippen LogP contribution < -0.4 is 4.74 Å². The average molecular weight is 159 g/mol. The molecule has 1 aromatic heterocycles. The van der Waals surface area contributed by atoms with Crippen molar-refractivity contribution < 1.29 is 4.74 Å². The summed E-state index contributed by atoms with van der Waals surface area (Å²) in [6, 6.07) is 0. The number of hydrogen-bond donors (Lipinski definition) is 0. The Balaban J connectivity index is 2.27. The van der Waals surface area contributed by atoms with Crippen LogP contribution in [-0.4, -0.2) is 11.6 Å². The lowest BCUT2D eigenvalue weighted by molar-refractivity contribution is 0.345. The van der Waals surface area contributed by atoms with Gasteiger partial charge in [-0.3, -0.25) is 0 Å². The zero-order chi connectivity index (χ0) is 7.97. The van der Waals surface area contributed by atoms with Gasteiger partial charge in [0.05, 0.1) is 6.61 Å². The van der Waals surface area contributed by atoms with Gasteiger partial charge in [-0.25, -0.2) is 4.98 Å². The Morgan fingerprint density at radius 2 is 2.33 bits per heavy atom. The second-order valence-electron chi connectivity index (χ2n) is 3.18. The number of ether oxygens (including phenoxy) is 1. The number of nitrogens with zero attached hydrogens (tertiary/aromatic N) is 1. The summed E-state index contributed by atoms with van der Waals surface area (Å²) in [7, 11) is 0. The Labute approximate surface area is 70.9 Å². The van der Waals surface area contributed by atoms with Gasteiger partial charge < -0.3 is 4.74 Å². The van der Waals surface area contributed by atoms with E-state index in [1.54, 1.807) is 0 Å². The summed E-state index contributed by atoms with van der Waals surface area (Å²) >= 11 is 0. The molecule has 0 amide bonds. The van der Waals surface area contributed by atoms with Crippen molar-refractivity contribution in [1.29, 1.82) is 0 Å². The van der Waals surface area contributed by atoms with Crippen LogP contribution in [0.1, 0.15) is 16.7 Å². The Morgan fingerprint density at radius 1 is 1.33 bits per heavy atom. The standard InChI is InChI=1S/C10H9NO/c1-2-7-6-11-10-9(4-5-12-10)8(7)3-1/h1-2,6H,3-5H2. The van der Waals surface area contributed by atoms with Crippen molar-refractivity contribution in [1.82, 2.24) is 4.98 Å². The number of pyridine rings is 1. The highest BCUT2D eigenvalue weighted by atomic mass is 16.5. The van der Waals surface area contributed by atoms with Crippen LogP contribution in [0.15, 0.2) is 12.3 Å². The third-order valence-electron chi connectivity index (χ3n) is 2.50. The van der Waals surface area contributed by atoms with Gasteiger partial charge >= 0.3 is 0 Å². The zero-order valence-corrected chi connectivity index (χ0v) is 6.71. The van der Waals surface area contributed by atoms with Gasteiger partial charge in [-0.05, 0) is 17.5 Å². The quantitative estimate of drug-likeness (QED) is 0.573. The molecule has 0 saturated heterocycles. The van der Waals surface area contributed by atoms with E-state index < -0.39 is 0 Å². The Hall–Kier alpha value is -1.31. The third-order valence-corrected chi connectivity index (χ3v) is 2.50. The number of hydrogen-bond acceptors (Lipinski definition) is 2. The van der Waals surface area contributed by atoms with E-state index in [0.29, 0.717) is 0 Å². The molecule has 2 nitrogen and oxygen atoms in total. The normalized spacial score (nSPS) is 17.3. The van der Waals surface area contributed by atoms with Crippen molar-refractivity contribution in [2.24, 2.45) is 0 Å². The second kappa shape index (κ2) is 2.09. The minimum Gasteiger partial charge on any atom is -0.477 e.